The van der Waals surface area contributed by atoms with Crippen LogP contribution in [0.3, 0.4) is 0 Å². The molecular formula is C19H22N4O4. The molecule has 0 saturated carbocycles. The number of hydrogen-bond acceptors (Lipinski definition) is 6. The van der Waals surface area contributed by atoms with Gasteiger partial charge in [0.05, 0.1) is 11.1 Å². The summed E-state index contributed by atoms with van der Waals surface area (Å²) in [5.41, 5.74) is 4.11. The average Bonchev–Trinajstić information content (AvgIpc) is 2.68. The van der Waals surface area contributed by atoms with E-state index in [1.807, 2.05) is 24.3 Å². The first-order valence-corrected chi connectivity index (χ1v) is 8.58. The Balaban J connectivity index is 1.86. The zero-order chi connectivity index (χ0) is 19.6. The normalized spacial score (nSPS) is 10.6. The Kier molecular flexibility index (Phi) is 7.30. The molecule has 0 heterocycles. The van der Waals surface area contributed by atoms with Gasteiger partial charge in [-0.15, -0.1) is 0 Å². The van der Waals surface area contributed by atoms with E-state index in [0.29, 0.717) is 0 Å². The van der Waals surface area contributed by atoms with E-state index in [9.17, 15) is 14.9 Å². The van der Waals surface area contributed by atoms with Crippen molar-refractivity contribution < 1.29 is 14.5 Å². The third kappa shape index (κ3) is 5.81. The van der Waals surface area contributed by atoms with Crippen molar-refractivity contribution in [1.82, 2.24) is 5.43 Å². The van der Waals surface area contributed by atoms with Crippen LogP contribution in [-0.4, -0.2) is 36.7 Å². The maximum atomic E-state index is 11.8. The Bertz CT molecular complexity index is 802. The Labute approximate surface area is 157 Å². The minimum Gasteiger partial charge on any atom is -0.477 e. The zero-order valence-electron chi connectivity index (χ0n) is 15.3. The quantitative estimate of drug-likeness (QED) is 0.416. The lowest BCUT2D eigenvalue weighted by atomic mass is 10.2. The van der Waals surface area contributed by atoms with Crippen LogP contribution in [0.15, 0.2) is 53.6 Å². The van der Waals surface area contributed by atoms with Gasteiger partial charge in [0.15, 0.2) is 12.4 Å². The van der Waals surface area contributed by atoms with Gasteiger partial charge in [-0.25, -0.2) is 5.43 Å². The van der Waals surface area contributed by atoms with E-state index in [0.717, 1.165) is 24.3 Å². The maximum absolute atomic E-state index is 11.8. The highest BCUT2D eigenvalue weighted by molar-refractivity contribution is 5.83. The molecule has 0 unspecified atom stereocenters. The lowest BCUT2D eigenvalue weighted by molar-refractivity contribution is -0.385. The number of anilines is 1. The van der Waals surface area contributed by atoms with Gasteiger partial charge < -0.3 is 9.64 Å². The van der Waals surface area contributed by atoms with Crippen molar-refractivity contribution in [2.24, 2.45) is 5.10 Å². The Morgan fingerprint density at radius 2 is 1.85 bits per heavy atom. The monoisotopic (exact) mass is 370 g/mol. The molecule has 0 fully saturated rings. The van der Waals surface area contributed by atoms with E-state index in [-0.39, 0.29) is 18.0 Å². The van der Waals surface area contributed by atoms with Gasteiger partial charge >= 0.3 is 5.69 Å². The summed E-state index contributed by atoms with van der Waals surface area (Å²) in [6, 6.07) is 13.7. The van der Waals surface area contributed by atoms with Gasteiger partial charge in [-0.2, -0.15) is 5.10 Å². The second-order valence-corrected chi connectivity index (χ2v) is 5.57. The van der Waals surface area contributed by atoms with Gasteiger partial charge in [-0.05, 0) is 37.6 Å². The molecule has 8 heteroatoms. The second kappa shape index (κ2) is 9.91. The third-order valence-electron chi connectivity index (χ3n) is 3.85. The van der Waals surface area contributed by atoms with Crippen LogP contribution in [0.25, 0.3) is 0 Å². The number of hydrazone groups is 1. The van der Waals surface area contributed by atoms with E-state index < -0.39 is 10.8 Å². The number of nitrogens with zero attached hydrogens (tertiary/aromatic N) is 3. The lowest BCUT2D eigenvalue weighted by Gasteiger charge is -2.20. The van der Waals surface area contributed by atoms with Crippen molar-refractivity contribution in [1.29, 1.82) is 0 Å². The van der Waals surface area contributed by atoms with E-state index >= 15 is 0 Å². The van der Waals surface area contributed by atoms with Crippen LogP contribution in [0.4, 0.5) is 11.4 Å². The summed E-state index contributed by atoms with van der Waals surface area (Å²) in [7, 11) is 0. The Morgan fingerprint density at radius 3 is 2.48 bits per heavy atom. The SMILES string of the molecule is CCN(CC)c1ccc(/C=N/NC(=O)COc2ccccc2[N+](=O)[O-])cc1. The van der Waals surface area contributed by atoms with Crippen molar-refractivity contribution in [2.45, 2.75) is 13.8 Å². The van der Waals surface area contributed by atoms with Crippen molar-refractivity contribution in [3.8, 4) is 5.75 Å². The molecule has 0 aliphatic heterocycles. The van der Waals surface area contributed by atoms with Crippen LogP contribution in [0.5, 0.6) is 5.75 Å². The second-order valence-electron chi connectivity index (χ2n) is 5.57. The smallest absolute Gasteiger partial charge is 0.310 e. The predicted octanol–water partition coefficient (Wildman–Crippen LogP) is 2.97. The summed E-state index contributed by atoms with van der Waals surface area (Å²) < 4.78 is 5.20. The maximum Gasteiger partial charge on any atom is 0.310 e. The van der Waals surface area contributed by atoms with Gasteiger partial charge in [0.25, 0.3) is 5.91 Å². The van der Waals surface area contributed by atoms with Crippen LogP contribution < -0.4 is 15.1 Å². The van der Waals surface area contributed by atoms with Crippen LogP contribution in [0.2, 0.25) is 0 Å². The zero-order valence-corrected chi connectivity index (χ0v) is 15.3. The number of nitrogens with one attached hydrogen (secondary N) is 1. The van der Waals surface area contributed by atoms with Gasteiger partial charge in [0, 0.05) is 24.8 Å². The summed E-state index contributed by atoms with van der Waals surface area (Å²) >= 11 is 0. The van der Waals surface area contributed by atoms with Crippen molar-refractivity contribution in [3.05, 3.63) is 64.2 Å². The van der Waals surface area contributed by atoms with Gasteiger partial charge in [-0.3, -0.25) is 14.9 Å². The van der Waals surface area contributed by atoms with Gasteiger partial charge in [-0.1, -0.05) is 24.3 Å². The minimum absolute atomic E-state index is 0.0358. The summed E-state index contributed by atoms with van der Waals surface area (Å²) in [6.45, 7) is 5.68. The minimum atomic E-state index is -0.562. The number of carbonyl (C=O) groups excluding carboxylic acids is 1. The highest BCUT2D eigenvalue weighted by Gasteiger charge is 2.14. The molecule has 0 saturated heterocycles. The largest absolute Gasteiger partial charge is 0.477 e. The number of hydrogen-bond donors (Lipinski definition) is 1. The Hall–Kier alpha value is -3.42. The Morgan fingerprint density at radius 1 is 1.19 bits per heavy atom. The molecule has 0 bridgehead atoms. The highest BCUT2D eigenvalue weighted by Crippen LogP contribution is 2.25. The molecular weight excluding hydrogens is 348 g/mol. The first-order valence-electron chi connectivity index (χ1n) is 8.58. The van der Waals surface area contributed by atoms with Crippen molar-refractivity contribution in [3.63, 3.8) is 0 Å². The number of benzene rings is 2. The molecule has 0 atom stereocenters. The van der Waals surface area contributed by atoms with E-state index in [1.54, 1.807) is 6.07 Å². The highest BCUT2D eigenvalue weighted by atomic mass is 16.6. The molecule has 0 spiro atoms. The average molecular weight is 370 g/mol. The molecule has 27 heavy (non-hydrogen) atoms. The molecule has 0 aliphatic rings. The first kappa shape index (κ1) is 19.9. The number of nitro groups is 1. The van der Waals surface area contributed by atoms with Crippen LogP contribution in [0, 0.1) is 10.1 Å². The molecule has 0 aromatic heterocycles. The van der Waals surface area contributed by atoms with Crippen LogP contribution >= 0.6 is 0 Å². The molecule has 142 valence electrons. The molecule has 2 aromatic rings. The molecule has 2 aromatic carbocycles. The lowest BCUT2D eigenvalue weighted by Crippen LogP contribution is -2.24. The van der Waals surface area contributed by atoms with E-state index in [2.05, 4.69) is 29.3 Å². The van der Waals surface area contributed by atoms with Crippen molar-refractivity contribution >= 4 is 23.5 Å². The molecule has 8 nitrogen and oxygen atoms in total. The van der Waals surface area contributed by atoms with Gasteiger partial charge in [0.1, 0.15) is 0 Å². The molecule has 0 radical (unpaired) electrons. The number of carbonyl (C=O) groups is 1. The number of amides is 1. The summed E-state index contributed by atoms with van der Waals surface area (Å²) in [5.74, 6) is -0.474. The number of para-hydroxylation sites is 2. The topological polar surface area (TPSA) is 97.1 Å². The van der Waals surface area contributed by atoms with E-state index in [1.165, 1.54) is 24.4 Å². The molecule has 1 N–H and O–H groups in total. The summed E-state index contributed by atoms with van der Waals surface area (Å²) in [5, 5.41) is 14.8. The number of nitro benzene ring substituents is 1. The fraction of sp³-hybridized carbons (Fsp3) is 0.263. The van der Waals surface area contributed by atoms with E-state index in [4.69, 9.17) is 4.74 Å². The fourth-order valence-electron chi connectivity index (χ4n) is 2.44. The summed E-state index contributed by atoms with van der Waals surface area (Å²) in [4.78, 5) is 24.3. The molecule has 2 rings (SSSR count). The standard InChI is InChI=1S/C19H22N4O4/c1-3-22(4-2)16-11-9-15(10-12-16)13-20-21-19(24)14-27-18-8-6-5-7-17(18)23(25)26/h5-13H,3-4,14H2,1-2H3,(H,21,24)/b20-13+. The van der Waals surface area contributed by atoms with Crippen LogP contribution in [-0.2, 0) is 4.79 Å². The summed E-state index contributed by atoms with van der Waals surface area (Å²) in [6.07, 6.45) is 1.52. The molecule has 1 amide bonds. The fourth-order valence-corrected chi connectivity index (χ4v) is 2.44. The number of rotatable bonds is 9. The predicted molar refractivity (Wildman–Crippen MR) is 104 cm³/mol. The number of ether oxygens (including phenoxy) is 1. The van der Waals surface area contributed by atoms with Crippen molar-refractivity contribution in [2.75, 3.05) is 24.6 Å². The van der Waals surface area contributed by atoms with Gasteiger partial charge in [0.2, 0.25) is 0 Å². The van der Waals surface area contributed by atoms with Crippen LogP contribution in [0.1, 0.15) is 19.4 Å². The molecule has 0 aliphatic carbocycles. The third-order valence-corrected chi connectivity index (χ3v) is 3.85. The first-order chi connectivity index (χ1) is 13.0.